The van der Waals surface area contributed by atoms with Crippen molar-refractivity contribution in [3.63, 3.8) is 0 Å². The molecule has 3 rings (SSSR count). The quantitative estimate of drug-likeness (QED) is 0.266. The van der Waals surface area contributed by atoms with Crippen molar-refractivity contribution < 1.29 is 34.0 Å². The van der Waals surface area contributed by atoms with Crippen molar-refractivity contribution in [1.82, 2.24) is 15.0 Å². The van der Waals surface area contributed by atoms with Gasteiger partial charge in [-0.25, -0.2) is 8.42 Å². The molecule has 18 heteroatoms. The van der Waals surface area contributed by atoms with Crippen LogP contribution in [-0.4, -0.2) is 69.3 Å². The Morgan fingerprint density at radius 3 is 1.75 bits per heavy atom. The van der Waals surface area contributed by atoms with Crippen molar-refractivity contribution in [3.05, 3.63) is 48.5 Å². The lowest BCUT2D eigenvalue weighted by molar-refractivity contribution is 0.483. The normalized spacial score (nSPS) is 10.2. The molecular weight excluding hydrogens is 586 g/mol. The third kappa shape index (κ3) is 13.8. The van der Waals surface area contributed by atoms with Crippen molar-refractivity contribution in [3.8, 4) is 0 Å². The second-order valence-corrected chi connectivity index (χ2v) is 10.6. The number of hydrogen-bond donors (Lipinski definition) is 4. The van der Waals surface area contributed by atoms with Gasteiger partial charge in [-0.3, -0.25) is 9.27 Å². The molecule has 0 unspecified atom stereocenters. The van der Waals surface area contributed by atoms with E-state index in [2.05, 4.69) is 30.3 Å². The van der Waals surface area contributed by atoms with Crippen LogP contribution in [0.2, 0.25) is 0 Å². The van der Waals surface area contributed by atoms with Crippen LogP contribution in [0.3, 0.4) is 0 Å². The smallest absolute Gasteiger partial charge is 0.347 e. The molecule has 0 atom stereocenters. The number of benzene rings is 2. The lowest BCUT2D eigenvalue weighted by Gasteiger charge is -2.16. The standard InChI is InChI=1S/C18H21N7O5S2.2C2H6.O3S/c1-25(2)18-22-16(19-12-7-6-8-13(11-12)32(28,29)30)21-17(23-18)20-14-9-4-5-10-15(14)24-31(3,26)27;2*1-2;1-4(2)3/h4-11,24H,1-3H3,(H,28,29,30)(H2,19,20,21,22,23);2*1-2H3;. The first-order chi connectivity index (χ1) is 18.6. The van der Waals surface area contributed by atoms with Crippen molar-refractivity contribution >= 4 is 65.7 Å². The molecule has 0 aliphatic heterocycles. The summed E-state index contributed by atoms with van der Waals surface area (Å²) in [6, 6.07) is 12.1. The van der Waals surface area contributed by atoms with E-state index in [0.717, 1.165) is 6.26 Å². The van der Waals surface area contributed by atoms with Gasteiger partial charge in [-0.15, -0.1) is 12.6 Å². The minimum atomic E-state index is -4.38. The molecule has 4 N–H and O–H groups in total. The number of anilines is 6. The summed E-state index contributed by atoms with van der Waals surface area (Å²) in [5.74, 6) is 0.483. The van der Waals surface area contributed by atoms with Crippen LogP contribution in [0.1, 0.15) is 27.7 Å². The van der Waals surface area contributed by atoms with Crippen molar-refractivity contribution in [2.24, 2.45) is 0 Å². The van der Waals surface area contributed by atoms with E-state index in [1.165, 1.54) is 18.2 Å². The fraction of sp³-hybridized carbons (Fsp3) is 0.318. The number of aromatic nitrogens is 3. The van der Waals surface area contributed by atoms with Crippen LogP contribution in [-0.2, 0) is 30.8 Å². The minimum absolute atomic E-state index is 0.0900. The van der Waals surface area contributed by atoms with E-state index in [0.29, 0.717) is 17.1 Å². The summed E-state index contributed by atoms with van der Waals surface area (Å²) < 4.78 is 83.1. The average Bonchev–Trinajstić information content (AvgIpc) is 2.86. The van der Waals surface area contributed by atoms with Crippen LogP contribution in [0.4, 0.5) is 34.9 Å². The van der Waals surface area contributed by atoms with E-state index in [9.17, 15) is 21.4 Å². The van der Waals surface area contributed by atoms with Gasteiger partial charge in [-0.05, 0) is 30.3 Å². The van der Waals surface area contributed by atoms with Gasteiger partial charge in [0.25, 0.3) is 10.1 Å². The highest BCUT2D eigenvalue weighted by Crippen LogP contribution is 2.26. The van der Waals surface area contributed by atoms with E-state index in [1.807, 2.05) is 27.7 Å². The van der Waals surface area contributed by atoms with Gasteiger partial charge >= 0.3 is 10.6 Å². The predicted molar refractivity (Wildman–Crippen MR) is 154 cm³/mol. The number of para-hydroxylation sites is 2. The number of sulfonamides is 1. The van der Waals surface area contributed by atoms with Crippen molar-refractivity contribution in [1.29, 1.82) is 0 Å². The third-order valence-corrected chi connectivity index (χ3v) is 5.32. The molecule has 0 radical (unpaired) electrons. The van der Waals surface area contributed by atoms with Gasteiger partial charge in [0.2, 0.25) is 27.9 Å². The Morgan fingerprint density at radius 2 is 1.27 bits per heavy atom. The molecular formula is C22H33N7O8S3. The van der Waals surface area contributed by atoms with Gasteiger partial charge in [0, 0.05) is 19.8 Å². The molecule has 40 heavy (non-hydrogen) atoms. The third-order valence-electron chi connectivity index (χ3n) is 3.88. The molecule has 0 amide bonds. The van der Waals surface area contributed by atoms with Crippen LogP contribution >= 0.6 is 0 Å². The molecule has 0 aliphatic rings. The Kier molecular flexibility index (Phi) is 15.3. The molecule has 2 aromatic carbocycles. The summed E-state index contributed by atoms with van der Waals surface area (Å²) in [5.41, 5.74) is 1.03. The Balaban J connectivity index is 0.00000171. The number of hydrogen-bond acceptors (Lipinski definition) is 13. The average molecular weight is 620 g/mol. The molecule has 1 heterocycles. The second kappa shape index (κ2) is 17.0. The maximum absolute atomic E-state index is 11.6. The molecule has 0 bridgehead atoms. The highest BCUT2D eigenvalue weighted by Gasteiger charge is 2.14. The van der Waals surface area contributed by atoms with Crippen LogP contribution in [0.5, 0.6) is 0 Å². The Labute approximate surface area is 236 Å². The molecule has 0 spiro atoms. The summed E-state index contributed by atoms with van der Waals surface area (Å²) in [7, 11) is -7.55. The Hall–Kier alpha value is -3.87. The monoisotopic (exact) mass is 619 g/mol. The molecule has 222 valence electrons. The van der Waals surface area contributed by atoms with Crippen LogP contribution < -0.4 is 20.3 Å². The summed E-state index contributed by atoms with van der Waals surface area (Å²) in [6.45, 7) is 8.00. The Bertz CT molecular complexity index is 1560. The van der Waals surface area contributed by atoms with Gasteiger partial charge in [0.1, 0.15) is 0 Å². The molecule has 3 aromatic rings. The lowest BCUT2D eigenvalue weighted by atomic mass is 10.3. The lowest BCUT2D eigenvalue weighted by Crippen LogP contribution is -2.16. The topological polar surface area (TPSA) is 218 Å². The number of rotatable bonds is 8. The van der Waals surface area contributed by atoms with Gasteiger partial charge in [0.15, 0.2) is 0 Å². The van der Waals surface area contributed by atoms with E-state index in [4.69, 9.17) is 12.6 Å². The molecule has 1 aromatic heterocycles. The zero-order valence-electron chi connectivity index (χ0n) is 22.9. The second-order valence-electron chi connectivity index (χ2n) is 7.05. The summed E-state index contributed by atoms with van der Waals surface area (Å²) in [6.07, 6.45) is 1.04. The fourth-order valence-corrected chi connectivity index (χ4v) is 3.65. The number of nitrogens with zero attached hydrogens (tertiary/aromatic N) is 4. The Morgan fingerprint density at radius 1 is 0.775 bits per heavy atom. The summed E-state index contributed by atoms with van der Waals surface area (Å²) >= 11 is 0. The van der Waals surface area contributed by atoms with Gasteiger partial charge in [-0.2, -0.15) is 23.4 Å². The first-order valence-electron chi connectivity index (χ1n) is 11.5. The SMILES string of the molecule is CC.CC.CN(C)c1nc(Nc2cccc(S(=O)(=O)O)c2)nc(Nc2ccccc2NS(C)(=O)=O)n1.O=S(=O)=O. The van der Waals surface area contributed by atoms with Crippen molar-refractivity contribution in [2.45, 2.75) is 32.6 Å². The maximum Gasteiger partial charge on any atom is 0.425 e. The van der Waals surface area contributed by atoms with Crippen LogP contribution in [0.15, 0.2) is 53.4 Å². The minimum Gasteiger partial charge on any atom is -0.347 e. The molecule has 0 saturated carbocycles. The van der Waals surface area contributed by atoms with Gasteiger partial charge in [-0.1, -0.05) is 45.9 Å². The van der Waals surface area contributed by atoms with E-state index in [1.54, 1.807) is 49.3 Å². The first-order valence-corrected chi connectivity index (χ1v) is 15.9. The molecule has 15 nitrogen and oxygen atoms in total. The fourth-order valence-electron chi connectivity index (χ4n) is 2.54. The van der Waals surface area contributed by atoms with Crippen LogP contribution in [0.25, 0.3) is 0 Å². The van der Waals surface area contributed by atoms with Crippen LogP contribution in [0, 0.1) is 0 Å². The zero-order chi connectivity index (χ0) is 31.1. The highest BCUT2D eigenvalue weighted by molar-refractivity contribution is 7.92. The van der Waals surface area contributed by atoms with E-state index >= 15 is 0 Å². The molecule has 0 aliphatic carbocycles. The zero-order valence-corrected chi connectivity index (χ0v) is 25.4. The largest absolute Gasteiger partial charge is 0.425 e. The number of nitrogens with one attached hydrogen (secondary N) is 3. The predicted octanol–water partition coefficient (Wildman–Crippen LogP) is 3.09. The van der Waals surface area contributed by atoms with Gasteiger partial charge < -0.3 is 15.5 Å². The van der Waals surface area contributed by atoms with E-state index in [-0.39, 0.29) is 22.7 Å². The molecule has 0 fully saturated rings. The summed E-state index contributed by atoms with van der Waals surface area (Å²) in [5, 5.41) is 5.84. The summed E-state index contributed by atoms with van der Waals surface area (Å²) in [4.78, 5) is 14.2. The maximum atomic E-state index is 11.6. The first kappa shape index (κ1) is 36.1. The van der Waals surface area contributed by atoms with Gasteiger partial charge in [0.05, 0.1) is 22.5 Å². The molecule has 0 saturated heterocycles. The highest BCUT2D eigenvalue weighted by atomic mass is 32.2. The van der Waals surface area contributed by atoms with E-state index < -0.39 is 30.8 Å². The van der Waals surface area contributed by atoms with Crippen molar-refractivity contribution in [2.75, 3.05) is 40.6 Å².